The molecule has 0 amide bonds. The highest BCUT2D eigenvalue weighted by atomic mass is 79.9. The topological polar surface area (TPSA) is 52.4 Å². The molecule has 0 saturated carbocycles. The van der Waals surface area contributed by atoms with Gasteiger partial charge in [0.1, 0.15) is 6.61 Å². The monoisotopic (exact) mass is 269 g/mol. The van der Waals surface area contributed by atoms with Gasteiger partial charge in [-0.05, 0) is 27.6 Å². The molecular weight excluding hydrogens is 262 g/mol. The summed E-state index contributed by atoms with van der Waals surface area (Å²) in [5.41, 5.74) is 0.747. The van der Waals surface area contributed by atoms with Gasteiger partial charge >= 0.3 is 0 Å². The third-order valence-corrected chi connectivity index (χ3v) is 2.33. The maximum absolute atomic E-state index is 10.6. The van der Waals surface area contributed by atoms with E-state index in [2.05, 4.69) is 21.9 Å². The van der Waals surface area contributed by atoms with Crippen LogP contribution in [0.3, 0.4) is 0 Å². The number of hydrogen-bond acceptors (Lipinski definition) is 3. The highest BCUT2D eigenvalue weighted by Gasteiger charge is 2.11. The summed E-state index contributed by atoms with van der Waals surface area (Å²) in [5.74, 6) is 2.32. The minimum absolute atomic E-state index is 0.0248. The molecule has 0 aliphatic heterocycles. The summed E-state index contributed by atoms with van der Waals surface area (Å²) in [4.78, 5) is 10.2. The summed E-state index contributed by atoms with van der Waals surface area (Å²) in [6, 6.07) is 4.82. The summed E-state index contributed by atoms with van der Waals surface area (Å²) < 4.78 is 5.52. The van der Waals surface area contributed by atoms with E-state index in [-0.39, 0.29) is 18.9 Å². The normalized spacial score (nSPS) is 9.60. The van der Waals surface area contributed by atoms with Gasteiger partial charge in [-0.2, -0.15) is 0 Å². The SMILES string of the molecule is C#CCOCc1ccc(Br)c([N+](=O)[O-])c1. The molecule has 0 heterocycles. The zero-order valence-corrected chi connectivity index (χ0v) is 9.36. The summed E-state index contributed by atoms with van der Waals surface area (Å²) >= 11 is 3.10. The smallest absolute Gasteiger partial charge is 0.283 e. The number of halogens is 1. The maximum Gasteiger partial charge on any atom is 0.283 e. The molecule has 5 heteroatoms. The first-order chi connectivity index (χ1) is 7.15. The number of rotatable bonds is 4. The largest absolute Gasteiger partial charge is 0.364 e. The van der Waals surface area contributed by atoms with E-state index in [1.807, 2.05) is 0 Å². The van der Waals surface area contributed by atoms with Crippen molar-refractivity contribution < 1.29 is 9.66 Å². The van der Waals surface area contributed by atoms with Crippen molar-refractivity contribution in [3.8, 4) is 12.3 Å². The number of nitro benzene ring substituents is 1. The van der Waals surface area contributed by atoms with Crippen LogP contribution in [0.2, 0.25) is 0 Å². The van der Waals surface area contributed by atoms with E-state index in [1.54, 1.807) is 12.1 Å². The van der Waals surface area contributed by atoms with E-state index < -0.39 is 4.92 Å². The fourth-order valence-electron chi connectivity index (χ4n) is 1.02. The second-order valence-electron chi connectivity index (χ2n) is 2.74. The molecule has 0 N–H and O–H groups in total. The molecule has 0 aliphatic rings. The molecule has 15 heavy (non-hydrogen) atoms. The second-order valence-corrected chi connectivity index (χ2v) is 3.59. The summed E-state index contributed by atoms with van der Waals surface area (Å²) in [6.45, 7) is 0.474. The van der Waals surface area contributed by atoms with Crippen LogP contribution in [0.1, 0.15) is 5.56 Å². The Morgan fingerprint density at radius 3 is 2.93 bits per heavy atom. The number of ether oxygens (including phenoxy) is 1. The zero-order chi connectivity index (χ0) is 11.3. The van der Waals surface area contributed by atoms with Crippen molar-refractivity contribution in [2.75, 3.05) is 6.61 Å². The molecule has 0 aliphatic carbocycles. The first kappa shape index (κ1) is 11.7. The van der Waals surface area contributed by atoms with Gasteiger partial charge < -0.3 is 4.74 Å². The third-order valence-electron chi connectivity index (χ3n) is 1.66. The number of terminal acetylenes is 1. The van der Waals surface area contributed by atoms with Crippen LogP contribution in [-0.4, -0.2) is 11.5 Å². The number of hydrogen-bond donors (Lipinski definition) is 0. The fraction of sp³-hybridized carbons (Fsp3) is 0.200. The van der Waals surface area contributed by atoms with Crippen LogP contribution in [0.4, 0.5) is 5.69 Å². The Morgan fingerprint density at radius 2 is 2.33 bits per heavy atom. The summed E-state index contributed by atoms with van der Waals surface area (Å²) in [7, 11) is 0. The van der Waals surface area contributed by atoms with Crippen LogP contribution >= 0.6 is 15.9 Å². The maximum atomic E-state index is 10.6. The highest BCUT2D eigenvalue weighted by Crippen LogP contribution is 2.25. The second kappa shape index (κ2) is 5.49. The Kier molecular flexibility index (Phi) is 4.28. The predicted molar refractivity (Wildman–Crippen MR) is 59.3 cm³/mol. The lowest BCUT2D eigenvalue weighted by atomic mass is 10.2. The average molecular weight is 270 g/mol. The van der Waals surface area contributed by atoms with E-state index in [0.717, 1.165) is 5.56 Å². The quantitative estimate of drug-likeness (QED) is 0.365. The molecule has 4 nitrogen and oxygen atoms in total. The van der Waals surface area contributed by atoms with Crippen LogP contribution in [0.15, 0.2) is 22.7 Å². The molecule has 1 rings (SSSR count). The molecule has 0 aromatic heterocycles. The standard InChI is InChI=1S/C10H8BrNO3/c1-2-5-15-7-8-3-4-9(11)10(6-8)12(13)14/h1,3-4,6H,5,7H2. The Bertz CT molecular complexity index is 412. The molecule has 1 aromatic rings. The van der Waals surface area contributed by atoms with Crippen molar-refractivity contribution in [2.45, 2.75) is 6.61 Å². The Labute approximate surface area is 95.5 Å². The van der Waals surface area contributed by atoms with Crippen molar-refractivity contribution in [1.82, 2.24) is 0 Å². The van der Waals surface area contributed by atoms with E-state index in [0.29, 0.717) is 4.47 Å². The highest BCUT2D eigenvalue weighted by molar-refractivity contribution is 9.10. The van der Waals surface area contributed by atoms with Crippen LogP contribution in [0, 0.1) is 22.5 Å². The van der Waals surface area contributed by atoms with Crippen molar-refractivity contribution >= 4 is 21.6 Å². The van der Waals surface area contributed by atoms with Gasteiger partial charge in [0.25, 0.3) is 5.69 Å². The molecule has 0 spiro atoms. The Morgan fingerprint density at radius 1 is 1.60 bits per heavy atom. The lowest BCUT2D eigenvalue weighted by Gasteiger charge is -2.01. The zero-order valence-electron chi connectivity index (χ0n) is 7.77. The molecule has 0 fully saturated rings. The molecule has 0 unspecified atom stereocenters. The molecule has 0 atom stereocenters. The fourth-order valence-corrected chi connectivity index (χ4v) is 1.41. The summed E-state index contributed by atoms with van der Waals surface area (Å²) in [6.07, 6.45) is 5.00. The number of benzene rings is 1. The van der Waals surface area contributed by atoms with E-state index in [1.165, 1.54) is 6.07 Å². The number of nitro groups is 1. The van der Waals surface area contributed by atoms with Gasteiger partial charge in [-0.1, -0.05) is 12.0 Å². The minimum atomic E-state index is -0.450. The Hall–Kier alpha value is -1.38. The van der Waals surface area contributed by atoms with Gasteiger partial charge in [-0.15, -0.1) is 6.42 Å². The lowest BCUT2D eigenvalue weighted by Crippen LogP contribution is -1.95. The van der Waals surface area contributed by atoms with E-state index >= 15 is 0 Å². The van der Waals surface area contributed by atoms with Gasteiger partial charge in [-0.3, -0.25) is 10.1 Å². The van der Waals surface area contributed by atoms with Crippen LogP contribution < -0.4 is 0 Å². The third kappa shape index (κ3) is 3.35. The molecule has 1 aromatic carbocycles. The first-order valence-electron chi connectivity index (χ1n) is 4.09. The van der Waals surface area contributed by atoms with Gasteiger partial charge in [0.05, 0.1) is 16.0 Å². The van der Waals surface area contributed by atoms with Gasteiger partial charge in [0.2, 0.25) is 0 Å². The van der Waals surface area contributed by atoms with Crippen molar-refractivity contribution in [1.29, 1.82) is 0 Å². The summed E-state index contributed by atoms with van der Waals surface area (Å²) in [5, 5.41) is 10.6. The van der Waals surface area contributed by atoms with Crippen molar-refractivity contribution in [3.05, 3.63) is 38.3 Å². The van der Waals surface area contributed by atoms with Crippen LogP contribution in [-0.2, 0) is 11.3 Å². The average Bonchev–Trinajstić information content (AvgIpc) is 2.20. The Balaban J connectivity index is 2.79. The minimum Gasteiger partial charge on any atom is -0.364 e. The van der Waals surface area contributed by atoms with Gasteiger partial charge in [0.15, 0.2) is 0 Å². The van der Waals surface area contributed by atoms with Crippen LogP contribution in [0.5, 0.6) is 0 Å². The molecule has 0 radical (unpaired) electrons. The molecule has 0 saturated heterocycles. The molecular formula is C10H8BrNO3. The molecule has 0 bridgehead atoms. The van der Waals surface area contributed by atoms with Crippen molar-refractivity contribution in [2.24, 2.45) is 0 Å². The van der Waals surface area contributed by atoms with E-state index in [4.69, 9.17) is 11.2 Å². The van der Waals surface area contributed by atoms with Crippen LogP contribution in [0.25, 0.3) is 0 Å². The van der Waals surface area contributed by atoms with Crippen molar-refractivity contribution in [3.63, 3.8) is 0 Å². The predicted octanol–water partition coefficient (Wildman–Crippen LogP) is 2.51. The number of nitrogens with zero attached hydrogens (tertiary/aromatic N) is 1. The van der Waals surface area contributed by atoms with Gasteiger partial charge in [0, 0.05) is 6.07 Å². The first-order valence-corrected chi connectivity index (χ1v) is 4.88. The lowest BCUT2D eigenvalue weighted by molar-refractivity contribution is -0.385. The molecule has 78 valence electrons. The van der Waals surface area contributed by atoms with Gasteiger partial charge in [-0.25, -0.2) is 0 Å². The van der Waals surface area contributed by atoms with E-state index in [9.17, 15) is 10.1 Å².